The molecule has 2 atom stereocenters. The molecule has 1 N–H and O–H groups in total. The zero-order chi connectivity index (χ0) is 19.5. The standard InChI is InChI=1S/C22H42O4/c1-4-6-7-14-17-20(23)18-15-12-10-8-9-11-13-16-19-21(24)26-22(5-2)25-3/h12,15,20,22-23H,4-11,13-14,16-19H2,1-3H3/b15-12-/t20-,22?/m1/s1. The SMILES string of the molecule is CCCCCC[C@@H](O)C/C=C\CCCCCCCC(=O)OC(CC)OC. The third-order valence-electron chi connectivity index (χ3n) is 4.58. The molecule has 0 aromatic carbocycles. The molecule has 0 aromatic rings. The molecule has 0 fully saturated rings. The minimum absolute atomic E-state index is 0.158. The van der Waals surface area contributed by atoms with Gasteiger partial charge < -0.3 is 14.6 Å². The number of methoxy groups -OCH3 is 1. The Morgan fingerprint density at radius 3 is 2.35 bits per heavy atom. The fourth-order valence-corrected chi connectivity index (χ4v) is 2.86. The van der Waals surface area contributed by atoms with Crippen LogP contribution in [-0.4, -0.2) is 30.6 Å². The number of unbranched alkanes of at least 4 members (excludes halogenated alkanes) is 8. The largest absolute Gasteiger partial charge is 0.436 e. The van der Waals surface area contributed by atoms with Crippen LogP contribution >= 0.6 is 0 Å². The second-order valence-electron chi connectivity index (χ2n) is 7.08. The number of carbonyl (C=O) groups excluding carboxylic acids is 1. The second kappa shape index (κ2) is 18.9. The maximum atomic E-state index is 11.6. The topological polar surface area (TPSA) is 55.8 Å². The smallest absolute Gasteiger partial charge is 0.308 e. The average molecular weight is 371 g/mol. The second-order valence-corrected chi connectivity index (χ2v) is 7.08. The predicted molar refractivity (Wildman–Crippen MR) is 108 cm³/mol. The van der Waals surface area contributed by atoms with Gasteiger partial charge in [-0.2, -0.15) is 0 Å². The van der Waals surface area contributed by atoms with Crippen LogP contribution in [0.3, 0.4) is 0 Å². The molecule has 0 saturated heterocycles. The lowest BCUT2D eigenvalue weighted by Crippen LogP contribution is -2.18. The highest BCUT2D eigenvalue weighted by Gasteiger charge is 2.10. The molecule has 4 heteroatoms. The van der Waals surface area contributed by atoms with Gasteiger partial charge in [0, 0.05) is 20.0 Å². The Bertz CT molecular complexity index is 337. The van der Waals surface area contributed by atoms with Gasteiger partial charge in [-0.15, -0.1) is 0 Å². The number of carbonyl (C=O) groups is 1. The van der Waals surface area contributed by atoms with Crippen molar-refractivity contribution in [2.75, 3.05) is 7.11 Å². The van der Waals surface area contributed by atoms with Crippen molar-refractivity contribution in [2.24, 2.45) is 0 Å². The zero-order valence-electron chi connectivity index (χ0n) is 17.4. The molecule has 0 spiro atoms. The van der Waals surface area contributed by atoms with Crippen molar-refractivity contribution in [3.05, 3.63) is 12.2 Å². The summed E-state index contributed by atoms with van der Waals surface area (Å²) in [5.41, 5.74) is 0. The number of allylic oxidation sites excluding steroid dienone is 1. The van der Waals surface area contributed by atoms with Crippen LogP contribution in [0.1, 0.15) is 104 Å². The molecule has 0 heterocycles. The highest BCUT2D eigenvalue weighted by Crippen LogP contribution is 2.11. The summed E-state index contributed by atoms with van der Waals surface area (Å²) in [5, 5.41) is 9.88. The van der Waals surface area contributed by atoms with Crippen LogP contribution in [0.4, 0.5) is 0 Å². The van der Waals surface area contributed by atoms with Crippen molar-refractivity contribution in [3.63, 3.8) is 0 Å². The Labute approximate surface area is 161 Å². The summed E-state index contributed by atoms with van der Waals surface area (Å²) in [6.45, 7) is 4.14. The third kappa shape index (κ3) is 16.6. The van der Waals surface area contributed by atoms with E-state index in [9.17, 15) is 9.90 Å². The zero-order valence-corrected chi connectivity index (χ0v) is 17.4. The van der Waals surface area contributed by atoms with Gasteiger partial charge >= 0.3 is 5.97 Å². The molecule has 0 saturated carbocycles. The van der Waals surface area contributed by atoms with E-state index in [-0.39, 0.29) is 12.1 Å². The van der Waals surface area contributed by atoms with Crippen LogP contribution in [0.2, 0.25) is 0 Å². The van der Waals surface area contributed by atoms with Crippen molar-refractivity contribution in [1.29, 1.82) is 0 Å². The highest BCUT2D eigenvalue weighted by atomic mass is 16.7. The number of ether oxygens (including phenoxy) is 2. The normalized spacial score (nSPS) is 13.8. The van der Waals surface area contributed by atoms with Crippen LogP contribution in [0.25, 0.3) is 0 Å². The molecule has 1 unspecified atom stereocenters. The third-order valence-corrected chi connectivity index (χ3v) is 4.58. The number of rotatable bonds is 18. The molecule has 0 bridgehead atoms. The van der Waals surface area contributed by atoms with Crippen LogP contribution in [0.15, 0.2) is 12.2 Å². The molecular weight excluding hydrogens is 328 g/mol. The summed E-state index contributed by atoms with van der Waals surface area (Å²) in [5.74, 6) is -0.158. The molecule has 0 aliphatic rings. The van der Waals surface area contributed by atoms with E-state index in [0.29, 0.717) is 12.8 Å². The van der Waals surface area contributed by atoms with E-state index in [0.717, 1.165) is 44.9 Å². The van der Waals surface area contributed by atoms with Gasteiger partial charge in [0.15, 0.2) is 0 Å². The number of aliphatic hydroxyl groups is 1. The number of aliphatic hydroxyl groups excluding tert-OH is 1. The lowest BCUT2D eigenvalue weighted by Gasteiger charge is -2.13. The number of esters is 1. The van der Waals surface area contributed by atoms with Crippen molar-refractivity contribution < 1.29 is 19.4 Å². The van der Waals surface area contributed by atoms with Crippen molar-refractivity contribution >= 4 is 5.97 Å². The Morgan fingerprint density at radius 2 is 1.65 bits per heavy atom. The predicted octanol–water partition coefficient (Wildman–Crippen LogP) is 5.92. The summed E-state index contributed by atoms with van der Waals surface area (Å²) in [4.78, 5) is 11.6. The van der Waals surface area contributed by atoms with E-state index >= 15 is 0 Å². The number of hydrogen-bond donors (Lipinski definition) is 1. The van der Waals surface area contributed by atoms with Crippen LogP contribution in [0, 0.1) is 0 Å². The van der Waals surface area contributed by atoms with Crippen LogP contribution in [-0.2, 0) is 14.3 Å². The molecule has 0 amide bonds. The van der Waals surface area contributed by atoms with E-state index in [1.165, 1.54) is 32.1 Å². The Hall–Kier alpha value is -0.870. The Morgan fingerprint density at radius 1 is 0.962 bits per heavy atom. The molecule has 0 aliphatic carbocycles. The molecule has 4 nitrogen and oxygen atoms in total. The maximum absolute atomic E-state index is 11.6. The molecular formula is C22H42O4. The first-order valence-electron chi connectivity index (χ1n) is 10.7. The van der Waals surface area contributed by atoms with Gasteiger partial charge in [-0.1, -0.05) is 70.9 Å². The molecule has 26 heavy (non-hydrogen) atoms. The highest BCUT2D eigenvalue weighted by molar-refractivity contribution is 5.69. The molecule has 154 valence electrons. The van der Waals surface area contributed by atoms with E-state index in [1.807, 2.05) is 6.92 Å². The Kier molecular flexibility index (Phi) is 18.3. The quantitative estimate of drug-likeness (QED) is 0.141. The van der Waals surface area contributed by atoms with Crippen molar-refractivity contribution in [3.8, 4) is 0 Å². The van der Waals surface area contributed by atoms with E-state index in [2.05, 4.69) is 19.1 Å². The molecule has 0 rings (SSSR count). The van der Waals surface area contributed by atoms with Gasteiger partial charge in [0.2, 0.25) is 6.29 Å². The van der Waals surface area contributed by atoms with E-state index < -0.39 is 6.29 Å². The summed E-state index contributed by atoms with van der Waals surface area (Å²) in [6, 6.07) is 0. The van der Waals surface area contributed by atoms with Crippen molar-refractivity contribution in [2.45, 2.75) is 116 Å². The monoisotopic (exact) mass is 370 g/mol. The van der Waals surface area contributed by atoms with Gasteiger partial charge in [-0.3, -0.25) is 4.79 Å². The first kappa shape index (κ1) is 25.1. The lowest BCUT2D eigenvalue weighted by molar-refractivity contribution is -0.173. The van der Waals surface area contributed by atoms with Crippen LogP contribution in [0.5, 0.6) is 0 Å². The fourth-order valence-electron chi connectivity index (χ4n) is 2.86. The van der Waals surface area contributed by atoms with Gasteiger partial charge in [-0.25, -0.2) is 0 Å². The number of hydrogen-bond acceptors (Lipinski definition) is 4. The van der Waals surface area contributed by atoms with E-state index in [1.54, 1.807) is 7.11 Å². The molecule has 0 radical (unpaired) electrons. The summed E-state index contributed by atoms with van der Waals surface area (Å²) in [7, 11) is 1.56. The first-order valence-corrected chi connectivity index (χ1v) is 10.7. The Balaban J connectivity index is 3.41. The van der Waals surface area contributed by atoms with Crippen LogP contribution < -0.4 is 0 Å². The maximum Gasteiger partial charge on any atom is 0.308 e. The lowest BCUT2D eigenvalue weighted by atomic mass is 10.1. The minimum Gasteiger partial charge on any atom is -0.436 e. The van der Waals surface area contributed by atoms with Gasteiger partial charge in [0.25, 0.3) is 0 Å². The minimum atomic E-state index is -0.399. The summed E-state index contributed by atoms with van der Waals surface area (Å²) >= 11 is 0. The molecule has 0 aromatic heterocycles. The molecule has 0 aliphatic heterocycles. The average Bonchev–Trinajstić information content (AvgIpc) is 2.64. The van der Waals surface area contributed by atoms with Gasteiger partial charge in [0.05, 0.1) is 6.10 Å². The summed E-state index contributed by atoms with van der Waals surface area (Å²) in [6.07, 6.45) is 18.1. The first-order chi connectivity index (χ1) is 12.6. The fraction of sp³-hybridized carbons (Fsp3) is 0.864. The van der Waals surface area contributed by atoms with Gasteiger partial charge in [-0.05, 0) is 32.1 Å². The van der Waals surface area contributed by atoms with Crippen molar-refractivity contribution in [1.82, 2.24) is 0 Å². The van der Waals surface area contributed by atoms with Gasteiger partial charge in [0.1, 0.15) is 0 Å². The summed E-state index contributed by atoms with van der Waals surface area (Å²) < 4.78 is 10.2. The van der Waals surface area contributed by atoms with E-state index in [4.69, 9.17) is 9.47 Å².